The molecule has 0 spiro atoms. The van der Waals surface area contributed by atoms with Crippen LogP contribution in [-0.2, 0) is 9.53 Å². The van der Waals surface area contributed by atoms with Gasteiger partial charge in [-0.25, -0.2) is 0 Å². The summed E-state index contributed by atoms with van der Waals surface area (Å²) < 4.78 is 10.9. The van der Waals surface area contributed by atoms with Gasteiger partial charge in [-0.1, -0.05) is 37.0 Å². The second-order valence-corrected chi connectivity index (χ2v) is 6.19. The Kier molecular flexibility index (Phi) is 9.28. The highest BCUT2D eigenvalue weighted by atomic mass is 35.5. The Labute approximate surface area is 142 Å². The molecule has 0 bridgehead atoms. The third-order valence-electron chi connectivity index (χ3n) is 2.72. The largest absolute Gasteiger partial charge is 0.492 e. The molecule has 0 unspecified atom stereocenters. The maximum Gasteiger partial charge on any atom is 0.220 e. The van der Waals surface area contributed by atoms with Gasteiger partial charge in [-0.05, 0) is 30.5 Å². The number of rotatable bonds is 10. The fraction of sp³-hybridized carbons (Fsp3) is 0.562. The minimum atomic E-state index is -0.000972. The van der Waals surface area contributed by atoms with Crippen LogP contribution in [0.2, 0.25) is 10.0 Å². The maximum atomic E-state index is 11.6. The van der Waals surface area contributed by atoms with Gasteiger partial charge in [0.2, 0.25) is 5.91 Å². The minimum Gasteiger partial charge on any atom is -0.492 e. The predicted octanol–water partition coefficient (Wildman–Crippen LogP) is 3.94. The van der Waals surface area contributed by atoms with Crippen molar-refractivity contribution in [2.24, 2.45) is 5.92 Å². The van der Waals surface area contributed by atoms with Crippen molar-refractivity contribution < 1.29 is 14.3 Å². The molecule has 0 fully saturated rings. The number of ether oxygens (including phenoxy) is 2. The molecule has 0 aliphatic carbocycles. The molecular formula is C16H23Cl2NO3. The molecule has 0 radical (unpaired) electrons. The van der Waals surface area contributed by atoms with Gasteiger partial charge in [0.15, 0.2) is 0 Å². The van der Waals surface area contributed by atoms with E-state index < -0.39 is 0 Å². The Morgan fingerprint density at radius 3 is 2.73 bits per heavy atom. The average molecular weight is 348 g/mol. The number of nitrogens with one attached hydrogen (secondary N) is 1. The zero-order valence-corrected chi connectivity index (χ0v) is 14.5. The number of carbonyl (C=O) groups excluding carboxylic acids is 1. The van der Waals surface area contributed by atoms with Gasteiger partial charge in [-0.15, -0.1) is 0 Å². The summed E-state index contributed by atoms with van der Waals surface area (Å²) in [6.07, 6.45) is 1.03. The molecule has 0 aliphatic heterocycles. The lowest BCUT2D eigenvalue weighted by Gasteiger charge is -2.09. The van der Waals surface area contributed by atoms with Crippen LogP contribution < -0.4 is 10.1 Å². The molecule has 0 atom stereocenters. The zero-order chi connectivity index (χ0) is 16.4. The molecule has 1 amide bonds. The SMILES string of the molecule is CC(C)COCCNC(=O)CCCOc1ccc(Cl)cc1Cl. The second kappa shape index (κ2) is 10.7. The van der Waals surface area contributed by atoms with Crippen LogP contribution in [0.3, 0.4) is 0 Å². The molecule has 0 aromatic heterocycles. The van der Waals surface area contributed by atoms with E-state index in [1.807, 2.05) is 0 Å². The van der Waals surface area contributed by atoms with Crippen LogP contribution >= 0.6 is 23.2 Å². The van der Waals surface area contributed by atoms with Gasteiger partial charge in [0.05, 0.1) is 18.2 Å². The van der Waals surface area contributed by atoms with E-state index in [1.54, 1.807) is 18.2 Å². The van der Waals surface area contributed by atoms with Gasteiger partial charge >= 0.3 is 0 Å². The van der Waals surface area contributed by atoms with E-state index in [0.717, 1.165) is 0 Å². The van der Waals surface area contributed by atoms with E-state index in [1.165, 1.54) is 0 Å². The molecule has 22 heavy (non-hydrogen) atoms. The lowest BCUT2D eigenvalue weighted by molar-refractivity contribution is -0.121. The van der Waals surface area contributed by atoms with Crippen molar-refractivity contribution in [3.63, 3.8) is 0 Å². The van der Waals surface area contributed by atoms with Gasteiger partial charge in [0, 0.05) is 24.6 Å². The van der Waals surface area contributed by atoms with Crippen LogP contribution in [0.4, 0.5) is 0 Å². The van der Waals surface area contributed by atoms with Crippen molar-refractivity contribution in [2.75, 3.05) is 26.4 Å². The first-order valence-electron chi connectivity index (χ1n) is 7.41. The number of amides is 1. The predicted molar refractivity (Wildman–Crippen MR) is 89.9 cm³/mol. The number of hydrogen-bond acceptors (Lipinski definition) is 3. The Balaban J connectivity index is 2.07. The van der Waals surface area contributed by atoms with E-state index in [0.29, 0.717) is 60.9 Å². The number of halogens is 2. The van der Waals surface area contributed by atoms with Gasteiger partial charge in [-0.2, -0.15) is 0 Å². The summed E-state index contributed by atoms with van der Waals surface area (Å²) in [6.45, 7) is 6.40. The molecule has 0 saturated carbocycles. The number of benzene rings is 1. The molecule has 124 valence electrons. The van der Waals surface area contributed by atoms with Crippen LogP contribution in [0.15, 0.2) is 18.2 Å². The average Bonchev–Trinajstić information content (AvgIpc) is 2.44. The fourth-order valence-corrected chi connectivity index (χ4v) is 2.14. The first kappa shape index (κ1) is 19.1. The third-order valence-corrected chi connectivity index (χ3v) is 3.25. The molecule has 1 N–H and O–H groups in total. The molecule has 0 saturated heterocycles. The molecule has 0 heterocycles. The first-order valence-corrected chi connectivity index (χ1v) is 8.17. The highest BCUT2D eigenvalue weighted by Gasteiger charge is 2.04. The van der Waals surface area contributed by atoms with Gasteiger partial charge < -0.3 is 14.8 Å². The molecular weight excluding hydrogens is 325 g/mol. The highest BCUT2D eigenvalue weighted by Crippen LogP contribution is 2.27. The Morgan fingerprint density at radius 2 is 2.05 bits per heavy atom. The van der Waals surface area contributed by atoms with Gasteiger partial charge in [-0.3, -0.25) is 4.79 Å². The summed E-state index contributed by atoms with van der Waals surface area (Å²) in [5, 5.41) is 3.85. The summed E-state index contributed by atoms with van der Waals surface area (Å²) in [5.41, 5.74) is 0. The molecule has 1 rings (SSSR count). The fourth-order valence-electron chi connectivity index (χ4n) is 1.68. The van der Waals surface area contributed by atoms with Crippen molar-refractivity contribution in [1.29, 1.82) is 0 Å². The van der Waals surface area contributed by atoms with E-state index in [4.69, 9.17) is 32.7 Å². The quantitative estimate of drug-likeness (QED) is 0.652. The standard InChI is InChI=1S/C16H23Cl2NO3/c1-12(2)11-21-9-7-19-16(20)4-3-8-22-15-6-5-13(17)10-14(15)18/h5-6,10,12H,3-4,7-9,11H2,1-2H3,(H,19,20). The monoisotopic (exact) mass is 347 g/mol. The summed E-state index contributed by atoms with van der Waals surface area (Å²) >= 11 is 11.8. The molecule has 6 heteroatoms. The number of hydrogen-bond donors (Lipinski definition) is 1. The van der Waals surface area contributed by atoms with E-state index in [2.05, 4.69) is 19.2 Å². The van der Waals surface area contributed by atoms with Gasteiger partial charge in [0.1, 0.15) is 5.75 Å². The van der Waals surface area contributed by atoms with E-state index >= 15 is 0 Å². The Hall–Kier alpha value is -0.970. The highest BCUT2D eigenvalue weighted by molar-refractivity contribution is 6.35. The van der Waals surface area contributed by atoms with Crippen molar-refractivity contribution in [1.82, 2.24) is 5.32 Å². The zero-order valence-electron chi connectivity index (χ0n) is 13.0. The summed E-state index contributed by atoms with van der Waals surface area (Å²) in [5.74, 6) is 1.08. The third kappa shape index (κ3) is 8.47. The maximum absolute atomic E-state index is 11.6. The van der Waals surface area contributed by atoms with Crippen LogP contribution in [0, 0.1) is 5.92 Å². The normalized spacial score (nSPS) is 10.8. The van der Waals surface area contributed by atoms with Crippen molar-refractivity contribution in [3.05, 3.63) is 28.2 Å². The molecule has 1 aromatic carbocycles. The van der Waals surface area contributed by atoms with Crippen LogP contribution in [0.5, 0.6) is 5.75 Å². The Morgan fingerprint density at radius 1 is 1.27 bits per heavy atom. The molecule has 1 aromatic rings. The van der Waals surface area contributed by atoms with Crippen LogP contribution in [0.25, 0.3) is 0 Å². The van der Waals surface area contributed by atoms with Crippen molar-refractivity contribution in [2.45, 2.75) is 26.7 Å². The second-order valence-electron chi connectivity index (χ2n) is 5.35. The molecule has 0 aliphatic rings. The van der Waals surface area contributed by atoms with Crippen LogP contribution in [0.1, 0.15) is 26.7 Å². The lowest BCUT2D eigenvalue weighted by Crippen LogP contribution is -2.27. The van der Waals surface area contributed by atoms with E-state index in [-0.39, 0.29) is 5.91 Å². The minimum absolute atomic E-state index is 0.000972. The molecule has 4 nitrogen and oxygen atoms in total. The van der Waals surface area contributed by atoms with Crippen molar-refractivity contribution >= 4 is 29.1 Å². The van der Waals surface area contributed by atoms with Gasteiger partial charge in [0.25, 0.3) is 0 Å². The topological polar surface area (TPSA) is 47.6 Å². The smallest absolute Gasteiger partial charge is 0.220 e. The van der Waals surface area contributed by atoms with Crippen LogP contribution in [-0.4, -0.2) is 32.3 Å². The first-order chi connectivity index (χ1) is 10.5. The summed E-state index contributed by atoms with van der Waals surface area (Å²) in [6, 6.07) is 5.06. The Bertz CT molecular complexity index is 467. The van der Waals surface area contributed by atoms with Crippen molar-refractivity contribution in [3.8, 4) is 5.75 Å². The summed E-state index contributed by atoms with van der Waals surface area (Å²) in [4.78, 5) is 11.6. The number of carbonyl (C=O) groups is 1. The van der Waals surface area contributed by atoms with E-state index in [9.17, 15) is 4.79 Å². The summed E-state index contributed by atoms with van der Waals surface area (Å²) in [7, 11) is 0. The lowest BCUT2D eigenvalue weighted by atomic mass is 10.2.